The molecule has 1 aromatic carbocycles. The highest BCUT2D eigenvalue weighted by Gasteiger charge is 2.08. The second-order valence-corrected chi connectivity index (χ2v) is 5.09. The van der Waals surface area contributed by atoms with E-state index in [1.54, 1.807) is 13.2 Å². The summed E-state index contributed by atoms with van der Waals surface area (Å²) in [6, 6.07) is 3.61. The van der Waals surface area contributed by atoms with Crippen LogP contribution in [0.2, 0.25) is 5.02 Å². The van der Waals surface area contributed by atoms with Crippen molar-refractivity contribution in [2.75, 3.05) is 13.7 Å². The minimum absolute atomic E-state index is 0.584. The molecule has 96 valence electrons. The molecule has 0 aliphatic carbocycles. The molecule has 0 N–H and O–H groups in total. The molecule has 0 unspecified atom stereocenters. The smallest absolute Gasteiger partial charge is 0.139 e. The Morgan fingerprint density at radius 2 is 1.94 bits per heavy atom. The highest BCUT2D eigenvalue weighted by Crippen LogP contribution is 2.35. The van der Waals surface area contributed by atoms with Gasteiger partial charge in [-0.05, 0) is 28.4 Å². The van der Waals surface area contributed by atoms with Crippen LogP contribution in [0.4, 0.5) is 0 Å². The second-order valence-electron chi connectivity index (χ2n) is 3.83. The monoisotopic (exact) mass is 320 g/mol. The van der Waals surface area contributed by atoms with Crippen molar-refractivity contribution in [3.05, 3.63) is 21.6 Å². The van der Waals surface area contributed by atoms with Gasteiger partial charge in [-0.15, -0.1) is 0 Å². The van der Waals surface area contributed by atoms with E-state index < -0.39 is 0 Å². The zero-order valence-electron chi connectivity index (χ0n) is 10.3. The number of unbranched alkanes of at least 4 members (excludes halogenated alkanes) is 3. The minimum Gasteiger partial charge on any atom is -0.496 e. The number of methoxy groups -OCH3 is 1. The summed E-state index contributed by atoms with van der Waals surface area (Å²) >= 11 is 9.51. The summed E-state index contributed by atoms with van der Waals surface area (Å²) in [5, 5.41) is 0.584. The quantitative estimate of drug-likeness (QED) is 0.653. The van der Waals surface area contributed by atoms with E-state index in [4.69, 9.17) is 21.1 Å². The van der Waals surface area contributed by atoms with Crippen molar-refractivity contribution in [1.82, 2.24) is 0 Å². The van der Waals surface area contributed by atoms with E-state index in [2.05, 4.69) is 22.9 Å². The largest absolute Gasteiger partial charge is 0.496 e. The third-order valence-electron chi connectivity index (χ3n) is 2.46. The van der Waals surface area contributed by atoms with Gasteiger partial charge in [-0.3, -0.25) is 0 Å². The number of benzene rings is 1. The van der Waals surface area contributed by atoms with Crippen LogP contribution in [0.1, 0.15) is 32.6 Å². The molecule has 0 radical (unpaired) electrons. The Bertz CT molecular complexity index is 356. The SMILES string of the molecule is CCCCCCOc1cc(Br)c(OC)cc1Cl. The average Bonchev–Trinajstić information content (AvgIpc) is 2.32. The topological polar surface area (TPSA) is 18.5 Å². The molecule has 0 saturated carbocycles. The fraction of sp³-hybridized carbons (Fsp3) is 0.538. The van der Waals surface area contributed by atoms with Gasteiger partial charge in [0.1, 0.15) is 11.5 Å². The van der Waals surface area contributed by atoms with Gasteiger partial charge in [0.15, 0.2) is 0 Å². The summed E-state index contributed by atoms with van der Waals surface area (Å²) in [6.45, 7) is 2.90. The summed E-state index contributed by atoms with van der Waals surface area (Å²) in [7, 11) is 1.61. The average molecular weight is 322 g/mol. The molecule has 0 heterocycles. The maximum atomic E-state index is 6.09. The van der Waals surface area contributed by atoms with E-state index in [1.165, 1.54) is 19.3 Å². The summed E-state index contributed by atoms with van der Waals surface area (Å²) in [4.78, 5) is 0. The maximum Gasteiger partial charge on any atom is 0.139 e. The molecule has 0 aromatic heterocycles. The van der Waals surface area contributed by atoms with Gasteiger partial charge in [-0.1, -0.05) is 37.8 Å². The van der Waals surface area contributed by atoms with Crippen molar-refractivity contribution in [2.24, 2.45) is 0 Å². The molecular formula is C13H18BrClO2. The van der Waals surface area contributed by atoms with E-state index in [1.807, 2.05) is 6.07 Å². The van der Waals surface area contributed by atoms with E-state index in [-0.39, 0.29) is 0 Å². The minimum atomic E-state index is 0.584. The van der Waals surface area contributed by atoms with Crippen LogP contribution in [0.15, 0.2) is 16.6 Å². The molecule has 0 fully saturated rings. The van der Waals surface area contributed by atoms with E-state index in [0.29, 0.717) is 23.1 Å². The summed E-state index contributed by atoms with van der Waals surface area (Å²) in [5.74, 6) is 1.42. The Labute approximate surface area is 116 Å². The van der Waals surface area contributed by atoms with Gasteiger partial charge in [0.25, 0.3) is 0 Å². The van der Waals surface area contributed by atoms with Gasteiger partial charge >= 0.3 is 0 Å². The lowest BCUT2D eigenvalue weighted by Crippen LogP contribution is -1.98. The highest BCUT2D eigenvalue weighted by atomic mass is 79.9. The predicted molar refractivity (Wildman–Crippen MR) is 75.3 cm³/mol. The van der Waals surface area contributed by atoms with E-state index >= 15 is 0 Å². The van der Waals surface area contributed by atoms with E-state index in [0.717, 1.165) is 10.9 Å². The van der Waals surface area contributed by atoms with Crippen LogP contribution >= 0.6 is 27.5 Å². The molecule has 0 amide bonds. The Balaban J connectivity index is 2.51. The molecule has 0 saturated heterocycles. The molecule has 0 aliphatic heterocycles. The van der Waals surface area contributed by atoms with Crippen LogP contribution in [0, 0.1) is 0 Å². The molecule has 2 nitrogen and oxygen atoms in total. The Morgan fingerprint density at radius 3 is 2.59 bits per heavy atom. The van der Waals surface area contributed by atoms with Crippen molar-refractivity contribution >= 4 is 27.5 Å². The Kier molecular flexibility index (Phi) is 6.75. The number of hydrogen-bond donors (Lipinski definition) is 0. The van der Waals surface area contributed by atoms with Crippen LogP contribution in [-0.2, 0) is 0 Å². The van der Waals surface area contributed by atoms with Crippen molar-refractivity contribution in [3.8, 4) is 11.5 Å². The van der Waals surface area contributed by atoms with Gasteiger partial charge in [0, 0.05) is 6.07 Å². The molecule has 0 bridgehead atoms. The van der Waals surface area contributed by atoms with Crippen molar-refractivity contribution in [2.45, 2.75) is 32.6 Å². The lowest BCUT2D eigenvalue weighted by atomic mass is 10.2. The van der Waals surface area contributed by atoms with Gasteiger partial charge in [0.2, 0.25) is 0 Å². The fourth-order valence-corrected chi connectivity index (χ4v) is 2.18. The zero-order valence-corrected chi connectivity index (χ0v) is 12.6. The number of hydrogen-bond acceptors (Lipinski definition) is 2. The van der Waals surface area contributed by atoms with Crippen molar-refractivity contribution < 1.29 is 9.47 Å². The van der Waals surface area contributed by atoms with Crippen molar-refractivity contribution in [3.63, 3.8) is 0 Å². The third-order valence-corrected chi connectivity index (χ3v) is 3.38. The second kappa shape index (κ2) is 7.83. The zero-order chi connectivity index (χ0) is 12.7. The molecule has 4 heteroatoms. The molecule has 17 heavy (non-hydrogen) atoms. The van der Waals surface area contributed by atoms with Gasteiger partial charge < -0.3 is 9.47 Å². The number of ether oxygens (including phenoxy) is 2. The molecule has 0 aliphatic rings. The molecule has 0 atom stereocenters. The van der Waals surface area contributed by atoms with Gasteiger partial charge in [0.05, 0.1) is 23.2 Å². The first-order chi connectivity index (χ1) is 8.19. The normalized spacial score (nSPS) is 10.4. The van der Waals surface area contributed by atoms with Crippen LogP contribution in [0.5, 0.6) is 11.5 Å². The van der Waals surface area contributed by atoms with Crippen LogP contribution < -0.4 is 9.47 Å². The lowest BCUT2D eigenvalue weighted by molar-refractivity contribution is 0.304. The van der Waals surface area contributed by atoms with Gasteiger partial charge in [-0.25, -0.2) is 0 Å². The fourth-order valence-electron chi connectivity index (χ4n) is 1.49. The summed E-state index contributed by atoms with van der Waals surface area (Å²) < 4.78 is 11.7. The molecular weight excluding hydrogens is 303 g/mol. The first-order valence-electron chi connectivity index (χ1n) is 5.84. The Hall–Kier alpha value is -0.410. The Morgan fingerprint density at radius 1 is 1.18 bits per heavy atom. The predicted octanol–water partition coefficient (Wildman–Crippen LogP) is 5.07. The lowest BCUT2D eigenvalue weighted by Gasteiger charge is -2.10. The first-order valence-corrected chi connectivity index (χ1v) is 7.02. The summed E-state index contributed by atoms with van der Waals surface area (Å²) in [6.07, 6.45) is 4.75. The molecule has 0 spiro atoms. The van der Waals surface area contributed by atoms with Crippen LogP contribution in [0.3, 0.4) is 0 Å². The van der Waals surface area contributed by atoms with Crippen LogP contribution in [-0.4, -0.2) is 13.7 Å². The van der Waals surface area contributed by atoms with Gasteiger partial charge in [-0.2, -0.15) is 0 Å². The van der Waals surface area contributed by atoms with E-state index in [9.17, 15) is 0 Å². The third kappa shape index (κ3) is 4.76. The maximum absolute atomic E-state index is 6.09. The standard InChI is InChI=1S/C13H18BrClO2/c1-3-4-5-6-7-17-13-8-10(14)12(16-2)9-11(13)15/h8-9H,3-7H2,1-2H3. The van der Waals surface area contributed by atoms with Crippen molar-refractivity contribution in [1.29, 1.82) is 0 Å². The number of halogens is 2. The molecule has 1 rings (SSSR count). The molecule has 1 aromatic rings. The van der Waals surface area contributed by atoms with Crippen LogP contribution in [0.25, 0.3) is 0 Å². The summed E-state index contributed by atoms with van der Waals surface area (Å²) in [5.41, 5.74) is 0. The first kappa shape index (κ1) is 14.7. The highest BCUT2D eigenvalue weighted by molar-refractivity contribution is 9.10. The number of rotatable bonds is 7.